The Hall–Kier alpha value is -3.42. The molecular formula is C18H21N5O3. The van der Waals surface area contributed by atoms with Crippen LogP contribution in [0.4, 0.5) is 16.2 Å². The zero-order chi connectivity index (χ0) is 19.1. The summed E-state index contributed by atoms with van der Waals surface area (Å²) in [7, 11) is 0. The Balaban J connectivity index is 1.88. The van der Waals surface area contributed by atoms with Crippen LogP contribution in [0.25, 0.3) is 0 Å². The van der Waals surface area contributed by atoms with Crippen LogP contribution in [-0.2, 0) is 9.59 Å². The number of allylic oxidation sites excluding steroid dienone is 3. The van der Waals surface area contributed by atoms with Gasteiger partial charge >= 0.3 is 6.03 Å². The van der Waals surface area contributed by atoms with E-state index in [4.69, 9.17) is 5.41 Å². The predicted molar refractivity (Wildman–Crippen MR) is 100 cm³/mol. The molecule has 5 N–H and O–H groups in total. The Morgan fingerprint density at radius 3 is 2.35 bits per heavy atom. The first-order valence-electron chi connectivity index (χ1n) is 8.11. The minimum absolute atomic E-state index is 0.0627. The minimum atomic E-state index is -0.574. The first kappa shape index (κ1) is 18.9. The lowest BCUT2D eigenvalue weighted by atomic mass is 10.0. The van der Waals surface area contributed by atoms with E-state index in [9.17, 15) is 14.4 Å². The second kappa shape index (κ2) is 8.61. The van der Waals surface area contributed by atoms with Gasteiger partial charge in [-0.3, -0.25) is 9.59 Å². The van der Waals surface area contributed by atoms with Crippen LogP contribution >= 0.6 is 0 Å². The van der Waals surface area contributed by atoms with Gasteiger partial charge in [0, 0.05) is 23.5 Å². The van der Waals surface area contributed by atoms with Gasteiger partial charge in [-0.2, -0.15) is 0 Å². The maximum absolute atomic E-state index is 12.0. The number of hydrogen-bond acceptors (Lipinski definition) is 5. The van der Waals surface area contributed by atoms with E-state index < -0.39 is 6.03 Å². The van der Waals surface area contributed by atoms with Gasteiger partial charge in [0.25, 0.3) is 0 Å². The lowest BCUT2D eigenvalue weighted by Gasteiger charge is -2.14. The van der Waals surface area contributed by atoms with Gasteiger partial charge in [-0.15, -0.1) is 0 Å². The van der Waals surface area contributed by atoms with E-state index in [2.05, 4.69) is 21.3 Å². The van der Waals surface area contributed by atoms with Crippen molar-refractivity contribution in [2.24, 2.45) is 0 Å². The van der Waals surface area contributed by atoms with Crippen molar-refractivity contribution in [1.29, 1.82) is 5.41 Å². The molecule has 26 heavy (non-hydrogen) atoms. The molecule has 1 aliphatic carbocycles. The van der Waals surface area contributed by atoms with E-state index in [1.54, 1.807) is 31.2 Å². The zero-order valence-corrected chi connectivity index (χ0v) is 14.6. The van der Waals surface area contributed by atoms with Crippen LogP contribution in [0.1, 0.15) is 13.8 Å². The van der Waals surface area contributed by atoms with Crippen molar-refractivity contribution in [2.75, 3.05) is 23.7 Å². The largest absolute Gasteiger partial charge is 0.376 e. The topological polar surface area (TPSA) is 123 Å². The molecule has 0 radical (unpaired) electrons. The fourth-order valence-corrected chi connectivity index (χ4v) is 2.26. The molecule has 8 nitrogen and oxygen atoms in total. The number of nitrogens with one attached hydrogen (secondary N) is 5. The van der Waals surface area contributed by atoms with Crippen LogP contribution < -0.4 is 21.3 Å². The first-order valence-corrected chi connectivity index (χ1v) is 8.11. The van der Waals surface area contributed by atoms with Crippen molar-refractivity contribution in [3.05, 3.63) is 47.7 Å². The summed E-state index contributed by atoms with van der Waals surface area (Å²) in [5.74, 6) is -0.421. The number of urea groups is 1. The number of likely N-dealkylation sites (N-methyl/N-ethyl adjacent to an activating group) is 1. The van der Waals surface area contributed by atoms with Gasteiger partial charge in [0.1, 0.15) is 0 Å². The molecular weight excluding hydrogens is 334 g/mol. The van der Waals surface area contributed by atoms with E-state index in [1.165, 1.54) is 12.2 Å². The van der Waals surface area contributed by atoms with Gasteiger partial charge in [-0.25, -0.2) is 4.79 Å². The third-order valence-electron chi connectivity index (χ3n) is 3.49. The molecule has 0 fully saturated rings. The van der Waals surface area contributed by atoms with Crippen molar-refractivity contribution in [3.63, 3.8) is 0 Å². The molecule has 0 aliphatic heterocycles. The highest BCUT2D eigenvalue weighted by Gasteiger charge is 2.19. The predicted octanol–water partition coefficient (Wildman–Crippen LogP) is 1.79. The number of amides is 3. The average molecular weight is 355 g/mol. The van der Waals surface area contributed by atoms with Gasteiger partial charge in [0.15, 0.2) is 0 Å². The molecule has 2 rings (SSSR count). The quantitative estimate of drug-likeness (QED) is 0.499. The molecule has 0 atom stereocenters. The second-order valence-corrected chi connectivity index (χ2v) is 5.63. The number of anilines is 2. The van der Waals surface area contributed by atoms with Gasteiger partial charge in [0.05, 0.1) is 18.0 Å². The highest BCUT2D eigenvalue weighted by atomic mass is 16.2. The molecule has 0 unspecified atom stereocenters. The second-order valence-electron chi connectivity index (χ2n) is 5.63. The highest BCUT2D eigenvalue weighted by Crippen LogP contribution is 2.14. The molecule has 8 heteroatoms. The molecule has 0 bridgehead atoms. The van der Waals surface area contributed by atoms with Gasteiger partial charge in [-0.05, 0) is 50.3 Å². The monoisotopic (exact) mass is 355 g/mol. The Morgan fingerprint density at radius 1 is 1.04 bits per heavy atom. The molecule has 0 heterocycles. The smallest absolute Gasteiger partial charge is 0.323 e. The van der Waals surface area contributed by atoms with Crippen molar-refractivity contribution >= 4 is 34.8 Å². The molecule has 0 saturated carbocycles. The van der Waals surface area contributed by atoms with Crippen LogP contribution in [0.5, 0.6) is 0 Å². The minimum Gasteiger partial charge on any atom is -0.376 e. The fraction of sp³-hybridized carbons (Fsp3) is 0.222. The summed E-state index contributed by atoms with van der Waals surface area (Å²) in [6.07, 6.45) is 2.75. The summed E-state index contributed by atoms with van der Waals surface area (Å²) in [4.78, 5) is 35.4. The summed E-state index contributed by atoms with van der Waals surface area (Å²) < 4.78 is 0. The van der Waals surface area contributed by atoms with Crippen molar-refractivity contribution in [1.82, 2.24) is 10.6 Å². The van der Waals surface area contributed by atoms with E-state index >= 15 is 0 Å². The number of benzene rings is 1. The molecule has 1 aromatic carbocycles. The molecule has 1 aliphatic rings. The third-order valence-corrected chi connectivity index (χ3v) is 3.49. The number of carbonyl (C=O) groups excluding carboxylic acids is 3. The molecule has 0 aromatic heterocycles. The average Bonchev–Trinajstić information content (AvgIpc) is 2.59. The van der Waals surface area contributed by atoms with Crippen molar-refractivity contribution in [3.8, 4) is 0 Å². The Morgan fingerprint density at radius 2 is 1.69 bits per heavy atom. The molecule has 1 aromatic rings. The van der Waals surface area contributed by atoms with Crippen molar-refractivity contribution < 1.29 is 14.4 Å². The van der Waals surface area contributed by atoms with Crippen molar-refractivity contribution in [2.45, 2.75) is 13.8 Å². The summed E-state index contributed by atoms with van der Waals surface area (Å²) in [6, 6.07) is 6.22. The van der Waals surface area contributed by atoms with Crippen LogP contribution in [0, 0.1) is 5.41 Å². The Bertz CT molecular complexity index is 794. The Kier molecular flexibility index (Phi) is 6.26. The summed E-state index contributed by atoms with van der Waals surface area (Å²) in [5, 5.41) is 18.3. The summed E-state index contributed by atoms with van der Waals surface area (Å²) in [5.41, 5.74) is 1.88. The van der Waals surface area contributed by atoms with E-state index in [0.29, 0.717) is 17.8 Å². The number of carbonyl (C=O) groups is 3. The third kappa shape index (κ3) is 5.30. The summed E-state index contributed by atoms with van der Waals surface area (Å²) in [6.45, 7) is 4.18. The Labute approximate surface area is 151 Å². The van der Waals surface area contributed by atoms with E-state index in [1.807, 2.05) is 6.92 Å². The summed E-state index contributed by atoms with van der Waals surface area (Å²) >= 11 is 0. The standard InChI is InChI=1S/C18H21N5O3/c1-3-20-16(24)10-21-13-4-6-14(7-5-13)22-18(26)23-15-9-12(19)8-11(2)17(15)25/h4-9,19,21H,3,10H2,1-2H3,(H,20,24)(H2,22,23,26). The van der Waals surface area contributed by atoms with E-state index in [0.717, 1.165) is 5.69 Å². The van der Waals surface area contributed by atoms with Crippen LogP contribution in [0.2, 0.25) is 0 Å². The lowest BCUT2D eigenvalue weighted by molar-refractivity contribution is -0.119. The number of hydrogen-bond donors (Lipinski definition) is 5. The maximum Gasteiger partial charge on any atom is 0.323 e. The van der Waals surface area contributed by atoms with Gasteiger partial charge in [0.2, 0.25) is 11.7 Å². The number of ketones is 1. The van der Waals surface area contributed by atoms with E-state index in [-0.39, 0.29) is 29.6 Å². The molecule has 3 amide bonds. The zero-order valence-electron chi connectivity index (χ0n) is 14.6. The molecule has 0 saturated heterocycles. The molecule has 0 spiro atoms. The fourth-order valence-electron chi connectivity index (χ4n) is 2.26. The maximum atomic E-state index is 12.0. The van der Waals surface area contributed by atoms with Gasteiger partial charge in [-0.1, -0.05) is 0 Å². The number of rotatable bonds is 6. The highest BCUT2D eigenvalue weighted by molar-refractivity contribution is 6.21. The SMILES string of the molecule is CCNC(=O)CNc1ccc(NC(=O)NC2=CC(=N)C=C(C)C2=O)cc1. The van der Waals surface area contributed by atoms with Gasteiger partial charge < -0.3 is 26.7 Å². The van der Waals surface area contributed by atoms with Crippen LogP contribution in [0.3, 0.4) is 0 Å². The normalized spacial score (nSPS) is 13.5. The molecule has 136 valence electrons. The van der Waals surface area contributed by atoms with Crippen LogP contribution in [0.15, 0.2) is 47.7 Å². The van der Waals surface area contributed by atoms with Crippen LogP contribution in [-0.4, -0.2) is 36.5 Å². The number of Topliss-reactive ketones (excluding diaryl/α,β-unsaturated/α-hetero) is 1. The lowest BCUT2D eigenvalue weighted by Crippen LogP contribution is -2.33. The first-order chi connectivity index (χ1) is 12.4.